The molecule has 0 spiro atoms. The van der Waals surface area contributed by atoms with E-state index in [9.17, 15) is 4.79 Å². The number of carbonyl (C=O) groups is 1. The summed E-state index contributed by atoms with van der Waals surface area (Å²) in [6.45, 7) is 2.27. The van der Waals surface area contributed by atoms with E-state index >= 15 is 0 Å². The molecule has 2 atom stereocenters. The SMILES string of the molecule is CCCCCCCCCCCCCCC(=O)C1=NOC2CCCCC12. The maximum atomic E-state index is 12.4. The average Bonchev–Trinajstić information content (AvgIpc) is 3.06. The number of hydrogen-bond donors (Lipinski definition) is 0. The fourth-order valence-corrected chi connectivity index (χ4v) is 4.24. The molecular formula is C22H39NO2. The summed E-state index contributed by atoms with van der Waals surface area (Å²) >= 11 is 0. The summed E-state index contributed by atoms with van der Waals surface area (Å²) in [6, 6.07) is 0. The second-order valence-electron chi connectivity index (χ2n) is 8.07. The van der Waals surface area contributed by atoms with Gasteiger partial charge in [-0.3, -0.25) is 4.79 Å². The largest absolute Gasteiger partial charge is 0.391 e. The molecule has 2 aliphatic rings. The lowest BCUT2D eigenvalue weighted by molar-refractivity contribution is -0.113. The Morgan fingerprint density at radius 3 is 2.08 bits per heavy atom. The molecule has 3 nitrogen and oxygen atoms in total. The van der Waals surface area contributed by atoms with E-state index in [1.54, 1.807) is 0 Å². The molecule has 2 rings (SSSR count). The van der Waals surface area contributed by atoms with Crippen molar-refractivity contribution in [2.75, 3.05) is 0 Å². The van der Waals surface area contributed by atoms with Crippen molar-refractivity contribution >= 4 is 11.5 Å². The molecule has 1 fully saturated rings. The van der Waals surface area contributed by atoms with Crippen LogP contribution in [0, 0.1) is 5.92 Å². The summed E-state index contributed by atoms with van der Waals surface area (Å²) in [4.78, 5) is 17.8. The van der Waals surface area contributed by atoms with Crippen molar-refractivity contribution in [3.8, 4) is 0 Å². The number of carbonyl (C=O) groups excluding carboxylic acids is 1. The van der Waals surface area contributed by atoms with Crippen molar-refractivity contribution in [1.29, 1.82) is 0 Å². The summed E-state index contributed by atoms with van der Waals surface area (Å²) in [6.07, 6.45) is 21.4. The molecule has 1 aliphatic heterocycles. The molecule has 1 aliphatic carbocycles. The third kappa shape index (κ3) is 7.50. The summed E-state index contributed by atoms with van der Waals surface area (Å²) in [5.41, 5.74) is 0.757. The molecule has 0 radical (unpaired) electrons. The molecule has 2 unspecified atom stereocenters. The van der Waals surface area contributed by atoms with E-state index in [1.165, 1.54) is 83.5 Å². The molecule has 3 heteroatoms. The van der Waals surface area contributed by atoms with Gasteiger partial charge in [-0.05, 0) is 25.7 Å². The van der Waals surface area contributed by atoms with Gasteiger partial charge in [0.1, 0.15) is 11.8 Å². The highest BCUT2D eigenvalue weighted by Gasteiger charge is 2.38. The first-order valence-corrected chi connectivity index (χ1v) is 11.1. The minimum absolute atomic E-state index is 0.203. The number of nitrogens with zero attached hydrogens (tertiary/aromatic N) is 1. The molecule has 0 aromatic rings. The minimum atomic E-state index is 0.203. The summed E-state index contributed by atoms with van der Waals surface area (Å²) in [5.74, 6) is 0.556. The van der Waals surface area contributed by atoms with Crippen LogP contribution in [-0.2, 0) is 9.63 Å². The predicted octanol–water partition coefficient (Wildman–Crippen LogP) is 6.59. The number of ketones is 1. The molecule has 0 aromatic heterocycles. The normalized spacial score (nSPS) is 22.4. The van der Waals surface area contributed by atoms with Crippen LogP contribution in [0.25, 0.3) is 0 Å². The molecular weight excluding hydrogens is 310 g/mol. The maximum Gasteiger partial charge on any atom is 0.180 e. The van der Waals surface area contributed by atoms with Gasteiger partial charge in [0.05, 0.1) is 0 Å². The minimum Gasteiger partial charge on any atom is -0.391 e. The summed E-state index contributed by atoms with van der Waals surface area (Å²) in [7, 11) is 0. The van der Waals surface area contributed by atoms with Gasteiger partial charge in [0, 0.05) is 12.3 Å². The molecule has 0 amide bonds. The first-order valence-electron chi connectivity index (χ1n) is 11.1. The molecule has 0 saturated heterocycles. The van der Waals surface area contributed by atoms with Gasteiger partial charge in [-0.25, -0.2) is 0 Å². The standard InChI is InChI=1S/C22H39NO2/c1-2-3-4-5-6-7-8-9-10-11-12-13-17-20(24)22-19-16-14-15-18-21(19)25-23-22/h19,21H,2-18H2,1H3. The van der Waals surface area contributed by atoms with Gasteiger partial charge < -0.3 is 4.84 Å². The van der Waals surface area contributed by atoms with Gasteiger partial charge in [0.2, 0.25) is 0 Å². The van der Waals surface area contributed by atoms with Gasteiger partial charge in [0.15, 0.2) is 5.78 Å². The average molecular weight is 350 g/mol. The molecule has 0 aromatic carbocycles. The van der Waals surface area contributed by atoms with E-state index in [-0.39, 0.29) is 11.9 Å². The van der Waals surface area contributed by atoms with Crippen LogP contribution in [0.2, 0.25) is 0 Å². The topological polar surface area (TPSA) is 38.7 Å². The van der Waals surface area contributed by atoms with E-state index in [0.29, 0.717) is 12.3 Å². The van der Waals surface area contributed by atoms with Crippen molar-refractivity contribution in [2.45, 2.75) is 122 Å². The van der Waals surface area contributed by atoms with E-state index in [4.69, 9.17) is 4.84 Å². The van der Waals surface area contributed by atoms with Gasteiger partial charge >= 0.3 is 0 Å². The van der Waals surface area contributed by atoms with E-state index < -0.39 is 0 Å². The molecule has 1 heterocycles. The van der Waals surface area contributed by atoms with Crippen LogP contribution < -0.4 is 0 Å². The smallest absolute Gasteiger partial charge is 0.180 e. The fraction of sp³-hybridized carbons (Fsp3) is 0.909. The predicted molar refractivity (Wildman–Crippen MR) is 105 cm³/mol. The number of hydrogen-bond acceptors (Lipinski definition) is 3. The van der Waals surface area contributed by atoms with Crippen molar-refractivity contribution in [1.82, 2.24) is 0 Å². The van der Waals surface area contributed by atoms with Crippen LogP contribution in [0.1, 0.15) is 116 Å². The Morgan fingerprint density at radius 1 is 0.880 bits per heavy atom. The Bertz CT molecular complexity index is 405. The maximum absolute atomic E-state index is 12.4. The van der Waals surface area contributed by atoms with Crippen molar-refractivity contribution in [3.63, 3.8) is 0 Å². The van der Waals surface area contributed by atoms with Crippen LogP contribution in [0.3, 0.4) is 0 Å². The first kappa shape index (κ1) is 20.5. The number of Topliss-reactive ketones (excluding diaryl/α,β-unsaturated/α-hetero) is 1. The Hall–Kier alpha value is -0.860. The zero-order valence-corrected chi connectivity index (χ0v) is 16.4. The lowest BCUT2D eigenvalue weighted by Gasteiger charge is -2.22. The highest BCUT2D eigenvalue weighted by molar-refractivity contribution is 6.40. The number of unbranched alkanes of at least 4 members (excludes halogenated alkanes) is 11. The first-order chi connectivity index (χ1) is 12.3. The Balaban J connectivity index is 1.41. The number of rotatable bonds is 14. The van der Waals surface area contributed by atoms with Crippen LogP contribution in [-0.4, -0.2) is 17.6 Å². The third-order valence-corrected chi connectivity index (χ3v) is 5.88. The van der Waals surface area contributed by atoms with Crippen LogP contribution in [0.5, 0.6) is 0 Å². The van der Waals surface area contributed by atoms with Crippen LogP contribution in [0.15, 0.2) is 5.16 Å². The number of oxime groups is 1. The van der Waals surface area contributed by atoms with Gasteiger partial charge in [-0.1, -0.05) is 89.1 Å². The molecule has 25 heavy (non-hydrogen) atoms. The molecule has 144 valence electrons. The Labute approximate surface area is 155 Å². The van der Waals surface area contributed by atoms with Gasteiger partial charge in [-0.15, -0.1) is 0 Å². The van der Waals surface area contributed by atoms with Crippen molar-refractivity contribution < 1.29 is 9.63 Å². The summed E-state index contributed by atoms with van der Waals surface area (Å²) < 4.78 is 0. The lowest BCUT2D eigenvalue weighted by Crippen LogP contribution is -2.31. The molecule has 0 N–H and O–H groups in total. The molecule has 1 saturated carbocycles. The fourth-order valence-electron chi connectivity index (χ4n) is 4.24. The van der Waals surface area contributed by atoms with E-state index in [2.05, 4.69) is 12.1 Å². The molecule has 0 bridgehead atoms. The highest BCUT2D eigenvalue weighted by Crippen LogP contribution is 2.33. The third-order valence-electron chi connectivity index (χ3n) is 5.88. The van der Waals surface area contributed by atoms with Crippen molar-refractivity contribution in [2.24, 2.45) is 11.1 Å². The quantitative estimate of drug-likeness (QED) is 0.332. The second kappa shape index (κ2) is 12.5. The Morgan fingerprint density at radius 2 is 1.44 bits per heavy atom. The monoisotopic (exact) mass is 349 g/mol. The zero-order valence-electron chi connectivity index (χ0n) is 16.4. The highest BCUT2D eigenvalue weighted by atomic mass is 16.6. The van der Waals surface area contributed by atoms with Gasteiger partial charge in [-0.2, -0.15) is 0 Å². The Kier molecular flexibility index (Phi) is 10.2. The van der Waals surface area contributed by atoms with E-state index in [0.717, 1.165) is 25.0 Å². The van der Waals surface area contributed by atoms with Crippen LogP contribution >= 0.6 is 0 Å². The summed E-state index contributed by atoms with van der Waals surface area (Å²) in [5, 5.41) is 4.12. The lowest BCUT2D eigenvalue weighted by atomic mass is 9.82. The van der Waals surface area contributed by atoms with Gasteiger partial charge in [0.25, 0.3) is 0 Å². The van der Waals surface area contributed by atoms with Crippen LogP contribution in [0.4, 0.5) is 0 Å². The zero-order chi connectivity index (χ0) is 17.7. The van der Waals surface area contributed by atoms with Crippen molar-refractivity contribution in [3.05, 3.63) is 0 Å². The second-order valence-corrected chi connectivity index (χ2v) is 8.07. The number of fused-ring (bicyclic) bond motifs is 1. The van der Waals surface area contributed by atoms with E-state index in [1.807, 2.05) is 0 Å².